The van der Waals surface area contributed by atoms with Gasteiger partial charge >= 0.3 is 0 Å². The molecule has 1 aromatic carbocycles. The number of methoxy groups -OCH3 is 1. The number of benzene rings is 1. The molecule has 0 heterocycles. The van der Waals surface area contributed by atoms with Crippen LogP contribution in [0.3, 0.4) is 0 Å². The first-order valence-corrected chi connectivity index (χ1v) is 6.98. The lowest BCUT2D eigenvalue weighted by Crippen LogP contribution is -2.37. The standard InChI is InChI=1S/C14H19BrFNO2/c1-10(2)9-17(6-7-19-3)14(18)12-8-11(16)4-5-13(12)15/h4-5,8,10H,6-7,9H2,1-3H3. The van der Waals surface area contributed by atoms with E-state index in [0.717, 1.165) is 0 Å². The molecule has 0 fully saturated rings. The second-order valence-electron chi connectivity index (χ2n) is 4.76. The van der Waals surface area contributed by atoms with Crippen molar-refractivity contribution >= 4 is 21.8 Å². The molecule has 1 amide bonds. The molecule has 1 rings (SSSR count). The van der Waals surface area contributed by atoms with Crippen LogP contribution in [-0.4, -0.2) is 37.6 Å². The van der Waals surface area contributed by atoms with Crippen LogP contribution in [-0.2, 0) is 4.74 Å². The van der Waals surface area contributed by atoms with Crippen LogP contribution < -0.4 is 0 Å². The molecule has 0 saturated carbocycles. The molecule has 1 aromatic rings. The number of halogens is 2. The van der Waals surface area contributed by atoms with E-state index in [2.05, 4.69) is 15.9 Å². The number of carbonyl (C=O) groups excluding carboxylic acids is 1. The van der Waals surface area contributed by atoms with Crippen LogP contribution in [0.1, 0.15) is 24.2 Å². The summed E-state index contributed by atoms with van der Waals surface area (Å²) in [6, 6.07) is 4.13. The Balaban J connectivity index is 2.93. The highest BCUT2D eigenvalue weighted by molar-refractivity contribution is 9.10. The monoisotopic (exact) mass is 331 g/mol. The molecule has 5 heteroatoms. The Hall–Kier alpha value is -0.940. The van der Waals surface area contributed by atoms with Gasteiger partial charge in [0.25, 0.3) is 5.91 Å². The number of ether oxygens (including phenoxy) is 1. The Morgan fingerprint density at radius 2 is 2.16 bits per heavy atom. The highest BCUT2D eigenvalue weighted by Crippen LogP contribution is 2.20. The fraction of sp³-hybridized carbons (Fsp3) is 0.500. The third-order valence-corrected chi connectivity index (χ3v) is 3.29. The van der Waals surface area contributed by atoms with Crippen molar-refractivity contribution in [2.45, 2.75) is 13.8 Å². The fourth-order valence-corrected chi connectivity index (χ4v) is 2.17. The van der Waals surface area contributed by atoms with Crippen LogP contribution in [0.15, 0.2) is 22.7 Å². The molecule has 0 N–H and O–H groups in total. The van der Waals surface area contributed by atoms with Gasteiger partial charge in [-0.3, -0.25) is 4.79 Å². The van der Waals surface area contributed by atoms with Gasteiger partial charge in [-0.1, -0.05) is 13.8 Å². The second-order valence-corrected chi connectivity index (χ2v) is 5.62. The largest absolute Gasteiger partial charge is 0.383 e. The molecule has 0 aromatic heterocycles. The Labute approximate surface area is 121 Å². The molecule has 0 aliphatic carbocycles. The van der Waals surface area contributed by atoms with E-state index in [0.29, 0.717) is 35.7 Å². The smallest absolute Gasteiger partial charge is 0.255 e. The Morgan fingerprint density at radius 1 is 1.47 bits per heavy atom. The van der Waals surface area contributed by atoms with Gasteiger partial charge in [-0.25, -0.2) is 4.39 Å². The first kappa shape index (κ1) is 16.1. The van der Waals surface area contributed by atoms with Crippen molar-refractivity contribution in [2.24, 2.45) is 5.92 Å². The topological polar surface area (TPSA) is 29.5 Å². The number of amides is 1. The summed E-state index contributed by atoms with van der Waals surface area (Å²) in [7, 11) is 1.59. The number of hydrogen-bond donors (Lipinski definition) is 0. The van der Waals surface area contributed by atoms with Crippen LogP contribution in [0.4, 0.5) is 4.39 Å². The average Bonchev–Trinajstić information content (AvgIpc) is 2.36. The minimum Gasteiger partial charge on any atom is -0.383 e. The summed E-state index contributed by atoms with van der Waals surface area (Å²) in [6.07, 6.45) is 0. The zero-order valence-electron chi connectivity index (χ0n) is 11.5. The highest BCUT2D eigenvalue weighted by atomic mass is 79.9. The van der Waals surface area contributed by atoms with Crippen LogP contribution in [0.2, 0.25) is 0 Å². The molecule has 0 aliphatic heterocycles. The Morgan fingerprint density at radius 3 is 2.74 bits per heavy atom. The summed E-state index contributed by atoms with van der Waals surface area (Å²) in [6.45, 7) is 5.65. The van der Waals surface area contributed by atoms with Crippen LogP contribution in [0.5, 0.6) is 0 Å². The lowest BCUT2D eigenvalue weighted by molar-refractivity contribution is 0.0671. The SMILES string of the molecule is COCCN(CC(C)C)C(=O)c1cc(F)ccc1Br. The van der Waals surface area contributed by atoms with Crippen molar-refractivity contribution in [3.63, 3.8) is 0 Å². The molecule has 3 nitrogen and oxygen atoms in total. The Kier molecular flexibility index (Phi) is 6.45. The number of rotatable bonds is 6. The van der Waals surface area contributed by atoms with Gasteiger partial charge in [-0.15, -0.1) is 0 Å². The van der Waals surface area contributed by atoms with E-state index in [1.807, 2.05) is 13.8 Å². The predicted molar refractivity (Wildman–Crippen MR) is 76.7 cm³/mol. The Bertz CT molecular complexity index is 437. The molecule has 106 valence electrons. The zero-order chi connectivity index (χ0) is 14.4. The third kappa shape index (κ3) is 4.91. The van der Waals surface area contributed by atoms with Gasteiger partial charge in [0.1, 0.15) is 5.82 Å². The molecular formula is C14H19BrFNO2. The summed E-state index contributed by atoms with van der Waals surface area (Å²) in [5.74, 6) is -0.256. The molecule has 0 bridgehead atoms. The summed E-state index contributed by atoms with van der Waals surface area (Å²) in [5, 5.41) is 0. The van der Waals surface area contributed by atoms with Crippen molar-refractivity contribution in [1.82, 2.24) is 4.90 Å². The van der Waals surface area contributed by atoms with Crippen LogP contribution in [0, 0.1) is 11.7 Å². The minimum atomic E-state index is -0.414. The molecule has 0 saturated heterocycles. The summed E-state index contributed by atoms with van der Waals surface area (Å²) in [5.41, 5.74) is 0.344. The van der Waals surface area contributed by atoms with E-state index >= 15 is 0 Å². The molecular weight excluding hydrogens is 313 g/mol. The lowest BCUT2D eigenvalue weighted by atomic mass is 10.1. The van der Waals surface area contributed by atoms with Crippen molar-refractivity contribution in [3.05, 3.63) is 34.1 Å². The summed E-state index contributed by atoms with van der Waals surface area (Å²) < 4.78 is 18.9. The molecule has 0 spiro atoms. The molecule has 19 heavy (non-hydrogen) atoms. The van der Waals surface area contributed by atoms with Crippen LogP contribution >= 0.6 is 15.9 Å². The fourth-order valence-electron chi connectivity index (χ4n) is 1.75. The first-order valence-electron chi connectivity index (χ1n) is 6.19. The molecule has 0 unspecified atom stereocenters. The maximum Gasteiger partial charge on any atom is 0.255 e. The predicted octanol–water partition coefficient (Wildman–Crippen LogP) is 3.33. The highest BCUT2D eigenvalue weighted by Gasteiger charge is 2.19. The molecule has 0 aliphatic rings. The minimum absolute atomic E-state index is 0.183. The molecule has 0 radical (unpaired) electrons. The van der Waals surface area contributed by atoms with E-state index in [1.165, 1.54) is 12.1 Å². The van der Waals surface area contributed by atoms with Crippen LogP contribution in [0.25, 0.3) is 0 Å². The van der Waals surface area contributed by atoms with Gasteiger partial charge in [0, 0.05) is 24.7 Å². The first-order chi connectivity index (χ1) is 8.95. The van der Waals surface area contributed by atoms with Gasteiger partial charge in [0.15, 0.2) is 0 Å². The quantitative estimate of drug-likeness (QED) is 0.800. The summed E-state index contributed by atoms with van der Waals surface area (Å²) >= 11 is 3.29. The second kappa shape index (κ2) is 7.60. The van der Waals surface area contributed by atoms with E-state index in [9.17, 15) is 9.18 Å². The van der Waals surface area contributed by atoms with E-state index in [1.54, 1.807) is 18.1 Å². The van der Waals surface area contributed by atoms with Gasteiger partial charge in [0.05, 0.1) is 12.2 Å². The van der Waals surface area contributed by atoms with Crippen molar-refractivity contribution in [2.75, 3.05) is 26.8 Å². The normalized spacial score (nSPS) is 10.8. The number of nitrogens with zero attached hydrogens (tertiary/aromatic N) is 1. The van der Waals surface area contributed by atoms with E-state index in [-0.39, 0.29) is 5.91 Å². The van der Waals surface area contributed by atoms with Crippen molar-refractivity contribution in [3.8, 4) is 0 Å². The van der Waals surface area contributed by atoms with Crippen molar-refractivity contribution < 1.29 is 13.9 Å². The maximum atomic E-state index is 13.3. The van der Waals surface area contributed by atoms with Gasteiger partial charge in [-0.2, -0.15) is 0 Å². The number of carbonyl (C=O) groups is 1. The van der Waals surface area contributed by atoms with E-state index < -0.39 is 5.82 Å². The van der Waals surface area contributed by atoms with Gasteiger partial charge in [0.2, 0.25) is 0 Å². The van der Waals surface area contributed by atoms with Crippen molar-refractivity contribution in [1.29, 1.82) is 0 Å². The lowest BCUT2D eigenvalue weighted by Gasteiger charge is -2.24. The van der Waals surface area contributed by atoms with Gasteiger partial charge < -0.3 is 9.64 Å². The van der Waals surface area contributed by atoms with Gasteiger partial charge in [-0.05, 0) is 40.0 Å². The summed E-state index contributed by atoms with van der Waals surface area (Å²) in [4.78, 5) is 14.1. The average molecular weight is 332 g/mol. The third-order valence-electron chi connectivity index (χ3n) is 2.60. The zero-order valence-corrected chi connectivity index (χ0v) is 13.0. The molecule has 0 atom stereocenters. The van der Waals surface area contributed by atoms with E-state index in [4.69, 9.17) is 4.74 Å². The maximum absolute atomic E-state index is 13.3. The number of hydrogen-bond acceptors (Lipinski definition) is 2.